The molecular formula is C71H125NO8. The smallest absolute Gasteiger partial charge is 0.220 e. The predicted octanol–water partition coefficient (Wildman–Crippen LogP) is 17.9. The molecule has 1 rings (SSSR count). The van der Waals surface area contributed by atoms with Gasteiger partial charge in [-0.25, -0.2) is 0 Å². The number of carbonyl (C=O) groups is 1. The zero-order chi connectivity index (χ0) is 57.9. The average molecular weight is 1120 g/mol. The number of rotatable bonds is 57. The summed E-state index contributed by atoms with van der Waals surface area (Å²) in [4.78, 5) is 13.1. The number of aliphatic hydroxyl groups excluding tert-OH is 5. The Morgan fingerprint density at radius 2 is 0.787 bits per heavy atom. The van der Waals surface area contributed by atoms with Crippen molar-refractivity contribution in [2.24, 2.45) is 0 Å². The van der Waals surface area contributed by atoms with Crippen LogP contribution in [0.15, 0.2) is 97.2 Å². The highest BCUT2D eigenvalue weighted by molar-refractivity contribution is 5.76. The molecule has 0 bridgehead atoms. The Bertz CT molecular complexity index is 1580. The summed E-state index contributed by atoms with van der Waals surface area (Å²) >= 11 is 0. The highest BCUT2D eigenvalue weighted by atomic mass is 16.7. The fourth-order valence-corrected chi connectivity index (χ4v) is 10.2. The molecule has 9 nitrogen and oxygen atoms in total. The van der Waals surface area contributed by atoms with Gasteiger partial charge in [-0.15, -0.1) is 0 Å². The summed E-state index contributed by atoms with van der Waals surface area (Å²) in [6.07, 6.45) is 79.4. The molecule has 80 heavy (non-hydrogen) atoms. The van der Waals surface area contributed by atoms with E-state index in [9.17, 15) is 30.3 Å². The molecule has 0 saturated carbocycles. The van der Waals surface area contributed by atoms with E-state index in [-0.39, 0.29) is 12.5 Å². The topological polar surface area (TPSA) is 149 Å². The molecule has 0 spiro atoms. The van der Waals surface area contributed by atoms with E-state index in [0.717, 1.165) is 77.0 Å². The molecule has 6 N–H and O–H groups in total. The van der Waals surface area contributed by atoms with Crippen molar-refractivity contribution in [1.82, 2.24) is 5.32 Å². The van der Waals surface area contributed by atoms with Crippen LogP contribution in [-0.4, -0.2) is 87.5 Å². The van der Waals surface area contributed by atoms with Gasteiger partial charge in [-0.05, 0) is 89.9 Å². The molecule has 0 aliphatic carbocycles. The Morgan fingerprint density at radius 1 is 0.438 bits per heavy atom. The largest absolute Gasteiger partial charge is 0.394 e. The van der Waals surface area contributed by atoms with Crippen molar-refractivity contribution in [3.8, 4) is 0 Å². The second-order valence-electron chi connectivity index (χ2n) is 22.9. The fraction of sp³-hybridized carbons (Fsp3) is 0.761. The molecule has 1 amide bonds. The third kappa shape index (κ3) is 47.6. The van der Waals surface area contributed by atoms with Crippen molar-refractivity contribution in [3.63, 3.8) is 0 Å². The lowest BCUT2D eigenvalue weighted by molar-refractivity contribution is -0.302. The molecule has 1 fully saturated rings. The van der Waals surface area contributed by atoms with Crippen LogP contribution in [0, 0.1) is 0 Å². The predicted molar refractivity (Wildman–Crippen MR) is 341 cm³/mol. The number of carbonyl (C=O) groups excluding carboxylic acids is 1. The third-order valence-corrected chi connectivity index (χ3v) is 15.4. The second kappa shape index (κ2) is 59.3. The lowest BCUT2D eigenvalue weighted by Gasteiger charge is -2.40. The van der Waals surface area contributed by atoms with Gasteiger partial charge < -0.3 is 40.3 Å². The molecule has 0 aromatic carbocycles. The van der Waals surface area contributed by atoms with Crippen LogP contribution in [0.1, 0.15) is 290 Å². The molecule has 1 saturated heterocycles. The van der Waals surface area contributed by atoms with Gasteiger partial charge in [0.25, 0.3) is 0 Å². The monoisotopic (exact) mass is 1120 g/mol. The second-order valence-corrected chi connectivity index (χ2v) is 22.9. The van der Waals surface area contributed by atoms with Crippen LogP contribution in [0.25, 0.3) is 0 Å². The van der Waals surface area contributed by atoms with Crippen LogP contribution in [0.2, 0.25) is 0 Å². The number of ether oxygens (including phenoxy) is 2. The van der Waals surface area contributed by atoms with Crippen molar-refractivity contribution in [1.29, 1.82) is 0 Å². The number of unbranched alkanes of at least 4 members (excludes halogenated alkanes) is 33. The maximum atomic E-state index is 13.1. The minimum atomic E-state index is -1.58. The molecule has 7 atom stereocenters. The highest BCUT2D eigenvalue weighted by Crippen LogP contribution is 2.23. The number of allylic oxidation sites excluding steroid dienone is 15. The van der Waals surface area contributed by atoms with Gasteiger partial charge >= 0.3 is 0 Å². The Balaban J connectivity index is 2.12. The van der Waals surface area contributed by atoms with Gasteiger partial charge in [0.15, 0.2) is 6.29 Å². The number of amides is 1. The summed E-state index contributed by atoms with van der Waals surface area (Å²) in [5.41, 5.74) is 0. The summed E-state index contributed by atoms with van der Waals surface area (Å²) in [5.74, 6) is -0.189. The van der Waals surface area contributed by atoms with Crippen molar-refractivity contribution in [3.05, 3.63) is 97.2 Å². The van der Waals surface area contributed by atoms with Gasteiger partial charge in [0.2, 0.25) is 5.91 Å². The molecule has 7 unspecified atom stereocenters. The van der Waals surface area contributed by atoms with E-state index < -0.39 is 49.5 Å². The lowest BCUT2D eigenvalue weighted by Crippen LogP contribution is -2.60. The third-order valence-electron chi connectivity index (χ3n) is 15.4. The van der Waals surface area contributed by atoms with E-state index in [4.69, 9.17) is 9.47 Å². The summed E-state index contributed by atoms with van der Waals surface area (Å²) in [7, 11) is 0. The van der Waals surface area contributed by atoms with Gasteiger partial charge in [0, 0.05) is 6.42 Å². The molecule has 1 aliphatic rings. The first-order valence-corrected chi connectivity index (χ1v) is 33.5. The Labute approximate surface area is 492 Å². The van der Waals surface area contributed by atoms with Crippen molar-refractivity contribution >= 4 is 5.91 Å². The van der Waals surface area contributed by atoms with E-state index in [1.807, 2.05) is 6.08 Å². The Kier molecular flexibility index (Phi) is 55.7. The van der Waals surface area contributed by atoms with Crippen LogP contribution >= 0.6 is 0 Å². The molecule has 0 radical (unpaired) electrons. The molecule has 0 aromatic heterocycles. The zero-order valence-electron chi connectivity index (χ0n) is 51.6. The zero-order valence-corrected chi connectivity index (χ0v) is 51.6. The maximum Gasteiger partial charge on any atom is 0.220 e. The van der Waals surface area contributed by atoms with Gasteiger partial charge in [-0.1, -0.05) is 291 Å². The highest BCUT2D eigenvalue weighted by Gasteiger charge is 2.44. The van der Waals surface area contributed by atoms with E-state index in [0.29, 0.717) is 6.42 Å². The van der Waals surface area contributed by atoms with Gasteiger partial charge in [-0.3, -0.25) is 4.79 Å². The first-order chi connectivity index (χ1) is 39.3. The average Bonchev–Trinajstić information content (AvgIpc) is 3.46. The number of nitrogens with one attached hydrogen (secondary N) is 1. The SMILES string of the molecule is CC/C=C\C/C=C\C/C=C\C/C=C\C/C=C\CCCCCCCCCCCCCCCCCCCCCCCC(=O)NC(COC1OC(CO)C(O)C(O)C1O)C(O)/C=C/CC/C=C/CC/C=C/CCCCCCCCCCCC. The van der Waals surface area contributed by atoms with Gasteiger partial charge in [0.05, 0.1) is 25.4 Å². The summed E-state index contributed by atoms with van der Waals surface area (Å²) < 4.78 is 11.3. The molecule has 1 aliphatic heterocycles. The minimum Gasteiger partial charge on any atom is -0.394 e. The van der Waals surface area contributed by atoms with Crippen molar-refractivity contribution in [2.75, 3.05) is 13.2 Å². The van der Waals surface area contributed by atoms with E-state index in [2.05, 4.69) is 104 Å². The van der Waals surface area contributed by atoms with Crippen LogP contribution in [0.4, 0.5) is 0 Å². The Hall–Kier alpha value is -2.89. The normalized spacial score (nSPS) is 19.1. The molecule has 9 heteroatoms. The van der Waals surface area contributed by atoms with Crippen LogP contribution in [0.3, 0.4) is 0 Å². The number of hydrogen-bond acceptors (Lipinski definition) is 8. The molecule has 1 heterocycles. The summed E-state index contributed by atoms with van der Waals surface area (Å²) in [6, 6.07) is -0.832. The minimum absolute atomic E-state index is 0.189. The first kappa shape index (κ1) is 75.1. The molecule has 462 valence electrons. The quantitative estimate of drug-likeness (QED) is 0.0261. The van der Waals surface area contributed by atoms with Crippen molar-refractivity contribution < 1.29 is 39.8 Å². The first-order valence-electron chi connectivity index (χ1n) is 33.5. The van der Waals surface area contributed by atoms with Crippen LogP contribution in [-0.2, 0) is 14.3 Å². The van der Waals surface area contributed by atoms with E-state index in [1.54, 1.807) is 6.08 Å². The number of aliphatic hydroxyl groups is 5. The lowest BCUT2D eigenvalue weighted by atomic mass is 9.99. The summed E-state index contributed by atoms with van der Waals surface area (Å²) in [5, 5.41) is 54.6. The van der Waals surface area contributed by atoms with Crippen LogP contribution in [0.5, 0.6) is 0 Å². The van der Waals surface area contributed by atoms with Crippen molar-refractivity contribution in [2.45, 2.75) is 333 Å². The summed E-state index contributed by atoms with van der Waals surface area (Å²) in [6.45, 7) is 3.66. The maximum absolute atomic E-state index is 13.1. The fourth-order valence-electron chi connectivity index (χ4n) is 10.2. The molecule has 0 aromatic rings. The standard InChI is InChI=1S/C71H125NO8/c1-3-5-7-9-11-13-15-17-19-21-23-25-26-27-28-29-30-31-32-33-34-35-36-37-38-39-40-41-43-45-47-49-51-53-55-57-59-61-67(75)72-64(63-79-71-70(78)69(77)68(76)66(62-73)80-71)65(74)60-58-56-54-52-50-48-46-44-42-24-22-20-18-16-14-12-10-8-6-4-2/h5,7,11,13,17,19,23,25,27-28,42,44,50,52,58,60,64-66,68-71,73-74,76-78H,3-4,6,8-10,12,14-16,18,20-22,24,26,29-41,43,45-49,51,53-57,59,61-63H2,1-2H3,(H,72,75)/b7-5-,13-11-,19-17-,25-23-,28-27-,44-42+,52-50+,60-58+. The van der Waals surface area contributed by atoms with Gasteiger partial charge in [-0.2, -0.15) is 0 Å². The van der Waals surface area contributed by atoms with Crippen LogP contribution < -0.4 is 5.32 Å². The van der Waals surface area contributed by atoms with E-state index in [1.165, 1.54) is 193 Å². The number of hydrogen-bond donors (Lipinski definition) is 6. The van der Waals surface area contributed by atoms with E-state index >= 15 is 0 Å². The molecular weight excluding hydrogens is 995 g/mol. The Morgan fingerprint density at radius 3 is 1.20 bits per heavy atom. The van der Waals surface area contributed by atoms with Gasteiger partial charge in [0.1, 0.15) is 24.4 Å².